The Hall–Kier alpha value is -1.42. The van der Waals surface area contributed by atoms with Crippen LogP contribution < -0.4 is 5.73 Å². The lowest BCUT2D eigenvalue weighted by Gasteiger charge is -2.12. The van der Waals surface area contributed by atoms with E-state index in [1.165, 1.54) is 0 Å². The normalized spacial score (nSPS) is 12.2. The number of rotatable bonds is 3. The lowest BCUT2D eigenvalue weighted by atomic mass is 10.1. The van der Waals surface area contributed by atoms with E-state index in [-0.39, 0.29) is 5.76 Å². The van der Waals surface area contributed by atoms with E-state index in [9.17, 15) is 8.78 Å². The van der Waals surface area contributed by atoms with Crippen molar-refractivity contribution in [3.05, 3.63) is 35.6 Å². The second-order valence-electron chi connectivity index (χ2n) is 3.67. The van der Waals surface area contributed by atoms with Gasteiger partial charge in [0.2, 0.25) is 0 Å². The van der Waals surface area contributed by atoms with Crippen molar-refractivity contribution in [3.8, 4) is 0 Å². The fraction of sp³-hybridized carbons (Fsp3) is 0.333. The van der Waals surface area contributed by atoms with Crippen molar-refractivity contribution in [3.63, 3.8) is 0 Å². The molecule has 2 rings (SSSR count). The zero-order valence-electron chi connectivity index (χ0n) is 8.97. The van der Waals surface area contributed by atoms with E-state index >= 15 is 0 Å². The summed E-state index contributed by atoms with van der Waals surface area (Å²) in [5, 5.41) is 0.744. The van der Waals surface area contributed by atoms with Gasteiger partial charge in [-0.25, -0.2) is 0 Å². The van der Waals surface area contributed by atoms with Crippen molar-refractivity contribution in [2.24, 2.45) is 5.73 Å². The van der Waals surface area contributed by atoms with E-state index in [1.54, 1.807) is 24.3 Å². The second kappa shape index (κ2) is 3.87. The van der Waals surface area contributed by atoms with Gasteiger partial charge in [-0.1, -0.05) is 25.1 Å². The third kappa shape index (κ3) is 1.59. The van der Waals surface area contributed by atoms with Crippen molar-refractivity contribution in [2.75, 3.05) is 6.54 Å². The molecule has 0 saturated carbocycles. The Morgan fingerprint density at radius 1 is 1.31 bits per heavy atom. The molecule has 1 heterocycles. The zero-order chi connectivity index (χ0) is 11.8. The van der Waals surface area contributed by atoms with E-state index in [2.05, 4.69) is 0 Å². The van der Waals surface area contributed by atoms with E-state index < -0.39 is 12.5 Å². The highest BCUT2D eigenvalue weighted by Gasteiger charge is 2.36. The second-order valence-corrected chi connectivity index (χ2v) is 3.67. The fourth-order valence-electron chi connectivity index (χ4n) is 1.84. The number of hydrogen-bond acceptors (Lipinski definition) is 2. The molecule has 0 unspecified atom stereocenters. The molecular weight excluding hydrogens is 212 g/mol. The maximum atomic E-state index is 13.6. The van der Waals surface area contributed by atoms with Gasteiger partial charge in [0.25, 0.3) is 0 Å². The average Bonchev–Trinajstić information content (AvgIpc) is 2.68. The van der Waals surface area contributed by atoms with Gasteiger partial charge in [-0.3, -0.25) is 0 Å². The predicted octanol–water partition coefficient (Wildman–Crippen LogP) is 3.05. The Labute approximate surface area is 92.0 Å². The van der Waals surface area contributed by atoms with Gasteiger partial charge in [-0.2, -0.15) is 8.78 Å². The molecule has 0 bridgehead atoms. The highest BCUT2D eigenvalue weighted by Crippen LogP contribution is 2.36. The third-order valence-electron chi connectivity index (χ3n) is 2.64. The summed E-state index contributed by atoms with van der Waals surface area (Å²) in [6, 6.07) is 7.04. The van der Waals surface area contributed by atoms with Crippen molar-refractivity contribution in [1.82, 2.24) is 0 Å². The number of aryl methyl sites for hydroxylation is 1. The Balaban J connectivity index is 2.70. The van der Waals surface area contributed by atoms with Crippen molar-refractivity contribution in [1.29, 1.82) is 0 Å². The average molecular weight is 225 g/mol. The maximum absolute atomic E-state index is 13.6. The molecule has 0 radical (unpaired) electrons. The Morgan fingerprint density at radius 2 is 2.00 bits per heavy atom. The number of hydrogen-bond donors (Lipinski definition) is 1. The molecule has 86 valence electrons. The van der Waals surface area contributed by atoms with Crippen molar-refractivity contribution >= 4 is 11.0 Å². The molecule has 2 aromatic rings. The number of alkyl halides is 2. The van der Waals surface area contributed by atoms with Gasteiger partial charge in [0.15, 0.2) is 5.76 Å². The molecule has 4 heteroatoms. The summed E-state index contributed by atoms with van der Waals surface area (Å²) in [6.45, 7) is 1.09. The van der Waals surface area contributed by atoms with Crippen LogP contribution in [0.3, 0.4) is 0 Å². The first-order chi connectivity index (χ1) is 7.60. The molecule has 1 aromatic heterocycles. The van der Waals surface area contributed by atoms with Gasteiger partial charge in [-0.15, -0.1) is 0 Å². The molecule has 1 aromatic carbocycles. The molecule has 2 nitrogen and oxygen atoms in total. The first-order valence-corrected chi connectivity index (χ1v) is 5.19. The standard InChI is InChI=1S/C12H13F2NO/c1-2-8-9-5-3-4-6-10(9)16-11(8)12(13,14)7-15/h3-6H,2,7,15H2,1H3. The Kier molecular flexibility index (Phi) is 2.68. The van der Waals surface area contributed by atoms with E-state index in [0.717, 1.165) is 5.39 Å². The molecular formula is C12H13F2NO. The molecule has 0 spiro atoms. The zero-order valence-corrected chi connectivity index (χ0v) is 8.97. The Morgan fingerprint density at radius 3 is 2.62 bits per heavy atom. The van der Waals surface area contributed by atoms with Gasteiger partial charge in [0, 0.05) is 10.9 Å². The summed E-state index contributed by atoms with van der Waals surface area (Å²) in [6.07, 6.45) is 0.502. The van der Waals surface area contributed by atoms with Crippen LogP contribution in [0.1, 0.15) is 18.2 Å². The largest absolute Gasteiger partial charge is 0.454 e. The highest BCUT2D eigenvalue weighted by molar-refractivity contribution is 5.82. The Bertz CT molecular complexity index is 505. The number of fused-ring (bicyclic) bond motifs is 1. The number of halogens is 2. The summed E-state index contributed by atoms with van der Waals surface area (Å²) in [5.74, 6) is -3.39. The predicted molar refractivity (Wildman–Crippen MR) is 58.5 cm³/mol. The smallest absolute Gasteiger partial charge is 0.316 e. The molecule has 0 fully saturated rings. The van der Waals surface area contributed by atoms with Crippen LogP contribution in [0.25, 0.3) is 11.0 Å². The number of nitrogens with two attached hydrogens (primary N) is 1. The topological polar surface area (TPSA) is 39.2 Å². The molecule has 0 atom stereocenters. The number of benzene rings is 1. The lowest BCUT2D eigenvalue weighted by Crippen LogP contribution is -2.25. The van der Waals surface area contributed by atoms with Crippen LogP contribution in [0.2, 0.25) is 0 Å². The van der Waals surface area contributed by atoms with Gasteiger partial charge < -0.3 is 10.2 Å². The van der Waals surface area contributed by atoms with Crippen LogP contribution in [0.15, 0.2) is 28.7 Å². The van der Waals surface area contributed by atoms with Crippen LogP contribution >= 0.6 is 0 Å². The lowest BCUT2D eigenvalue weighted by molar-refractivity contribution is -0.0155. The van der Waals surface area contributed by atoms with Gasteiger partial charge >= 0.3 is 5.92 Å². The summed E-state index contributed by atoms with van der Waals surface area (Å²) in [4.78, 5) is 0. The summed E-state index contributed by atoms with van der Waals surface area (Å²) in [5.41, 5.74) is 6.11. The number of furan rings is 1. The quantitative estimate of drug-likeness (QED) is 0.871. The monoisotopic (exact) mass is 225 g/mol. The minimum atomic E-state index is -3.09. The first kappa shape index (κ1) is 11.1. The van der Waals surface area contributed by atoms with E-state index in [0.29, 0.717) is 17.6 Å². The summed E-state index contributed by atoms with van der Waals surface area (Å²) >= 11 is 0. The van der Waals surface area contributed by atoms with Crippen molar-refractivity contribution in [2.45, 2.75) is 19.3 Å². The minimum Gasteiger partial charge on any atom is -0.454 e. The summed E-state index contributed by atoms with van der Waals surface area (Å²) in [7, 11) is 0. The molecule has 0 aliphatic rings. The van der Waals surface area contributed by atoms with Crippen molar-refractivity contribution < 1.29 is 13.2 Å². The molecule has 0 amide bonds. The minimum absolute atomic E-state index is 0.293. The third-order valence-corrected chi connectivity index (χ3v) is 2.64. The van der Waals surface area contributed by atoms with Gasteiger partial charge in [-0.05, 0) is 12.5 Å². The van der Waals surface area contributed by atoms with Crippen LogP contribution in [-0.4, -0.2) is 6.54 Å². The molecule has 0 saturated heterocycles. The maximum Gasteiger partial charge on any atom is 0.316 e. The molecule has 0 aliphatic heterocycles. The van der Waals surface area contributed by atoms with Gasteiger partial charge in [0.1, 0.15) is 5.58 Å². The van der Waals surface area contributed by atoms with Crippen LogP contribution in [0, 0.1) is 0 Å². The molecule has 2 N–H and O–H groups in total. The number of para-hydroxylation sites is 1. The summed E-state index contributed by atoms with van der Waals surface area (Å²) < 4.78 is 32.3. The first-order valence-electron chi connectivity index (χ1n) is 5.19. The van der Waals surface area contributed by atoms with E-state index in [1.807, 2.05) is 6.92 Å². The van der Waals surface area contributed by atoms with Gasteiger partial charge in [0.05, 0.1) is 6.54 Å². The van der Waals surface area contributed by atoms with Crippen LogP contribution in [0.5, 0.6) is 0 Å². The van der Waals surface area contributed by atoms with Crippen LogP contribution in [0.4, 0.5) is 8.78 Å². The fourth-order valence-corrected chi connectivity index (χ4v) is 1.84. The molecule has 0 aliphatic carbocycles. The van der Waals surface area contributed by atoms with Crippen LogP contribution in [-0.2, 0) is 12.3 Å². The highest BCUT2D eigenvalue weighted by atomic mass is 19.3. The SMILES string of the molecule is CCc1c(C(F)(F)CN)oc2ccccc12. The van der Waals surface area contributed by atoms with E-state index in [4.69, 9.17) is 10.2 Å². The molecule has 16 heavy (non-hydrogen) atoms.